The highest BCUT2D eigenvalue weighted by molar-refractivity contribution is 6.32. The van der Waals surface area contributed by atoms with Crippen LogP contribution < -0.4 is 10.1 Å². The first-order valence-electron chi connectivity index (χ1n) is 10.4. The minimum absolute atomic E-state index is 0.124. The van der Waals surface area contributed by atoms with Crippen molar-refractivity contribution in [3.8, 4) is 5.75 Å². The monoisotopic (exact) mass is 481 g/mol. The van der Waals surface area contributed by atoms with Gasteiger partial charge in [-0.2, -0.15) is 23.4 Å². The van der Waals surface area contributed by atoms with Gasteiger partial charge in [0.2, 0.25) is 5.91 Å². The van der Waals surface area contributed by atoms with Crippen LogP contribution in [0.2, 0.25) is 5.02 Å². The summed E-state index contributed by atoms with van der Waals surface area (Å²) in [6.45, 7) is 5.55. The Morgan fingerprint density at radius 3 is 2.70 bits per heavy atom. The van der Waals surface area contributed by atoms with E-state index in [0.717, 1.165) is 21.6 Å². The van der Waals surface area contributed by atoms with Gasteiger partial charge in [0, 0.05) is 5.92 Å². The quantitative estimate of drug-likeness (QED) is 0.485. The summed E-state index contributed by atoms with van der Waals surface area (Å²) in [5.41, 5.74) is 1.60. The molecule has 0 saturated heterocycles. The molecule has 0 radical (unpaired) electrons. The molecule has 2 aromatic heterocycles. The van der Waals surface area contributed by atoms with Crippen LogP contribution >= 0.6 is 11.6 Å². The van der Waals surface area contributed by atoms with Crippen molar-refractivity contribution in [2.24, 2.45) is 0 Å². The largest absolute Gasteiger partial charge is 0.471 e. The summed E-state index contributed by atoms with van der Waals surface area (Å²) in [6.07, 6.45) is -0.254. The van der Waals surface area contributed by atoms with Crippen molar-refractivity contribution >= 4 is 23.2 Å². The van der Waals surface area contributed by atoms with Crippen LogP contribution in [0, 0.1) is 13.8 Å². The summed E-state index contributed by atoms with van der Waals surface area (Å²) < 4.78 is 48.2. The molecule has 11 heteroatoms. The summed E-state index contributed by atoms with van der Waals surface area (Å²) >= 11 is 6.00. The Bertz CT molecular complexity index is 1180. The number of hydrogen-bond acceptors (Lipinski definition) is 4. The Hall–Kier alpha value is -3.01. The van der Waals surface area contributed by atoms with Gasteiger partial charge in [0.05, 0.1) is 28.8 Å². The van der Waals surface area contributed by atoms with Gasteiger partial charge >= 0.3 is 6.18 Å². The molecule has 1 saturated carbocycles. The van der Waals surface area contributed by atoms with E-state index in [4.69, 9.17) is 16.3 Å². The second kappa shape index (κ2) is 8.74. The molecule has 1 aliphatic carbocycles. The average molecular weight is 482 g/mol. The molecule has 1 N–H and O–H groups in total. The number of anilines is 1. The number of aromatic nitrogens is 4. The van der Waals surface area contributed by atoms with Crippen LogP contribution in [0.4, 0.5) is 18.9 Å². The number of ether oxygens (including phenoxy) is 1. The van der Waals surface area contributed by atoms with E-state index in [2.05, 4.69) is 15.5 Å². The highest BCUT2D eigenvalue weighted by atomic mass is 35.5. The van der Waals surface area contributed by atoms with E-state index in [1.165, 1.54) is 17.8 Å². The van der Waals surface area contributed by atoms with E-state index in [0.29, 0.717) is 18.5 Å². The molecule has 1 unspecified atom stereocenters. The van der Waals surface area contributed by atoms with Gasteiger partial charge in [0.1, 0.15) is 11.8 Å². The molecule has 0 aliphatic heterocycles. The topological polar surface area (TPSA) is 74.0 Å². The van der Waals surface area contributed by atoms with Gasteiger partial charge in [-0.3, -0.25) is 9.48 Å². The lowest BCUT2D eigenvalue weighted by Gasteiger charge is -2.15. The van der Waals surface area contributed by atoms with E-state index >= 15 is 0 Å². The van der Waals surface area contributed by atoms with Crippen LogP contribution in [0.3, 0.4) is 0 Å². The van der Waals surface area contributed by atoms with Crippen molar-refractivity contribution < 1.29 is 22.7 Å². The van der Waals surface area contributed by atoms with Crippen LogP contribution in [-0.4, -0.2) is 25.5 Å². The maximum absolute atomic E-state index is 13.3. The predicted molar refractivity (Wildman–Crippen MR) is 116 cm³/mol. The average Bonchev–Trinajstić information content (AvgIpc) is 3.36. The molecule has 3 aromatic rings. The lowest BCUT2D eigenvalue weighted by atomic mass is 10.1. The highest BCUT2D eigenvalue weighted by Crippen LogP contribution is 2.47. The molecule has 176 valence electrons. The molecule has 7 nitrogen and oxygen atoms in total. The number of rotatable bonds is 7. The summed E-state index contributed by atoms with van der Waals surface area (Å²) in [6, 6.07) is 4.83. The summed E-state index contributed by atoms with van der Waals surface area (Å²) in [5, 5.41) is 10.0. The van der Waals surface area contributed by atoms with E-state index in [1.54, 1.807) is 6.20 Å². The van der Waals surface area contributed by atoms with Crippen molar-refractivity contribution in [2.75, 3.05) is 5.32 Å². The first-order valence-corrected chi connectivity index (χ1v) is 10.8. The zero-order valence-corrected chi connectivity index (χ0v) is 19.0. The summed E-state index contributed by atoms with van der Waals surface area (Å²) in [4.78, 5) is 12.8. The second-order valence-corrected chi connectivity index (χ2v) is 8.62. The molecule has 1 fully saturated rings. The normalized spacial score (nSPS) is 14.9. The van der Waals surface area contributed by atoms with Gasteiger partial charge in [0.15, 0.2) is 12.4 Å². The molecule has 33 heavy (non-hydrogen) atoms. The van der Waals surface area contributed by atoms with Gasteiger partial charge in [-0.1, -0.05) is 29.3 Å². The smallest absolute Gasteiger partial charge is 0.436 e. The first-order chi connectivity index (χ1) is 15.5. The number of alkyl halides is 3. The summed E-state index contributed by atoms with van der Waals surface area (Å²) in [5.74, 6) is 0.0695. The molecule has 2 heterocycles. The van der Waals surface area contributed by atoms with Crippen LogP contribution in [0.5, 0.6) is 5.75 Å². The molecule has 1 aromatic carbocycles. The third-order valence-electron chi connectivity index (χ3n) is 5.45. The standard InChI is InChI=1S/C22H23ClF3N5O2/c1-12-4-7-17(13(2)8-12)33-11-30-10-16(9-27-30)28-21(32)14(3)31-19(15-5-6-15)18(23)20(29-31)22(24,25)26/h4,7-10,14-15H,5-6,11H2,1-3H3,(H,28,32). The molecule has 0 bridgehead atoms. The number of benzene rings is 1. The van der Waals surface area contributed by atoms with E-state index in [-0.39, 0.29) is 18.3 Å². The number of nitrogens with one attached hydrogen (secondary N) is 1. The Morgan fingerprint density at radius 1 is 1.33 bits per heavy atom. The predicted octanol–water partition coefficient (Wildman–Crippen LogP) is 5.48. The van der Waals surface area contributed by atoms with Crippen molar-refractivity contribution in [3.05, 3.63) is 58.1 Å². The molecule has 0 spiro atoms. The Morgan fingerprint density at radius 2 is 2.06 bits per heavy atom. The van der Waals surface area contributed by atoms with Gasteiger partial charge in [0.25, 0.3) is 0 Å². The number of nitrogens with zero attached hydrogens (tertiary/aromatic N) is 4. The second-order valence-electron chi connectivity index (χ2n) is 8.24. The van der Waals surface area contributed by atoms with Gasteiger partial charge < -0.3 is 10.1 Å². The molecular formula is C22H23ClF3N5O2. The zero-order valence-electron chi connectivity index (χ0n) is 18.3. The van der Waals surface area contributed by atoms with Gasteiger partial charge in [-0.25, -0.2) is 4.68 Å². The van der Waals surface area contributed by atoms with Gasteiger partial charge in [-0.15, -0.1) is 0 Å². The van der Waals surface area contributed by atoms with Crippen LogP contribution in [0.15, 0.2) is 30.6 Å². The van der Waals surface area contributed by atoms with Crippen molar-refractivity contribution in [1.29, 1.82) is 0 Å². The lowest BCUT2D eigenvalue weighted by molar-refractivity contribution is -0.141. The van der Waals surface area contributed by atoms with Crippen molar-refractivity contribution in [2.45, 2.75) is 58.5 Å². The SMILES string of the molecule is Cc1ccc(OCn2cc(NC(=O)C(C)n3nc(C(F)(F)F)c(Cl)c3C3CC3)cn2)c(C)c1. The van der Waals surface area contributed by atoms with E-state index in [9.17, 15) is 18.0 Å². The maximum Gasteiger partial charge on any atom is 0.436 e. The molecular weight excluding hydrogens is 459 g/mol. The molecule has 1 aliphatic rings. The highest BCUT2D eigenvalue weighted by Gasteiger charge is 2.43. The summed E-state index contributed by atoms with van der Waals surface area (Å²) in [7, 11) is 0. The number of aryl methyl sites for hydroxylation is 2. The minimum atomic E-state index is -4.70. The fourth-order valence-electron chi connectivity index (χ4n) is 3.58. The fraction of sp³-hybridized carbons (Fsp3) is 0.409. The van der Waals surface area contributed by atoms with E-state index < -0.39 is 28.8 Å². The number of hydrogen-bond donors (Lipinski definition) is 1. The number of halogens is 4. The van der Waals surface area contributed by atoms with Gasteiger partial charge in [-0.05, 0) is 45.2 Å². The third kappa shape index (κ3) is 5.00. The Kier molecular flexibility index (Phi) is 6.13. The zero-order chi connectivity index (χ0) is 23.9. The van der Waals surface area contributed by atoms with E-state index in [1.807, 2.05) is 32.0 Å². The minimum Gasteiger partial charge on any atom is -0.471 e. The van der Waals surface area contributed by atoms with Crippen LogP contribution in [0.25, 0.3) is 0 Å². The molecule has 1 atom stereocenters. The maximum atomic E-state index is 13.3. The number of amides is 1. The van der Waals surface area contributed by atoms with Crippen LogP contribution in [0.1, 0.15) is 54.2 Å². The first kappa shape index (κ1) is 23.2. The van der Waals surface area contributed by atoms with Crippen molar-refractivity contribution in [1.82, 2.24) is 19.6 Å². The lowest BCUT2D eigenvalue weighted by Crippen LogP contribution is -2.26. The van der Waals surface area contributed by atoms with Crippen LogP contribution in [-0.2, 0) is 17.7 Å². The fourth-order valence-corrected chi connectivity index (χ4v) is 3.97. The number of carbonyl (C=O) groups is 1. The Balaban J connectivity index is 1.44. The van der Waals surface area contributed by atoms with Crippen molar-refractivity contribution in [3.63, 3.8) is 0 Å². The Labute approximate surface area is 193 Å². The number of carbonyl (C=O) groups excluding carboxylic acids is 1. The molecule has 1 amide bonds. The molecule has 4 rings (SSSR count). The third-order valence-corrected chi connectivity index (χ3v) is 5.82.